The molecule has 0 atom stereocenters. The summed E-state index contributed by atoms with van der Waals surface area (Å²) in [4.78, 5) is 19.6. The summed E-state index contributed by atoms with van der Waals surface area (Å²) < 4.78 is 6.94. The number of aryl methyl sites for hydroxylation is 1. The molecular formula is C23H27N5O2. The van der Waals surface area contributed by atoms with E-state index in [0.717, 1.165) is 49.7 Å². The fourth-order valence-corrected chi connectivity index (χ4v) is 3.60. The van der Waals surface area contributed by atoms with E-state index in [0.29, 0.717) is 11.4 Å². The number of nitrogens with two attached hydrogens (primary N) is 1. The summed E-state index contributed by atoms with van der Waals surface area (Å²) in [5, 5.41) is 3.18. The van der Waals surface area contributed by atoms with Crippen LogP contribution in [0, 0.1) is 6.92 Å². The van der Waals surface area contributed by atoms with Crippen LogP contribution >= 0.6 is 0 Å². The van der Waals surface area contributed by atoms with E-state index in [9.17, 15) is 4.79 Å². The number of nitrogens with zero attached hydrogens (tertiary/aromatic N) is 3. The maximum Gasteiger partial charge on any atom is 0.293 e. The van der Waals surface area contributed by atoms with Crippen LogP contribution < -0.4 is 16.6 Å². The second-order valence-electron chi connectivity index (χ2n) is 7.62. The third-order valence-electron chi connectivity index (χ3n) is 5.45. The molecule has 0 spiro atoms. The average molecular weight is 406 g/mol. The highest BCUT2D eigenvalue weighted by molar-refractivity contribution is 5.71. The number of hydrogen-bond donors (Lipinski definition) is 2. The van der Waals surface area contributed by atoms with Crippen LogP contribution in [0.1, 0.15) is 11.1 Å². The quantitative estimate of drug-likeness (QED) is 0.635. The van der Waals surface area contributed by atoms with Crippen LogP contribution in [0.3, 0.4) is 0 Å². The molecule has 0 bridgehead atoms. The van der Waals surface area contributed by atoms with Crippen LogP contribution in [-0.4, -0.2) is 40.8 Å². The number of aromatic nitrogens is 2. The molecule has 156 valence electrons. The Morgan fingerprint density at radius 2 is 1.87 bits per heavy atom. The van der Waals surface area contributed by atoms with E-state index in [-0.39, 0.29) is 11.4 Å². The van der Waals surface area contributed by atoms with Crippen LogP contribution in [0.2, 0.25) is 0 Å². The Morgan fingerprint density at radius 1 is 1.13 bits per heavy atom. The van der Waals surface area contributed by atoms with Crippen molar-refractivity contribution < 1.29 is 4.74 Å². The lowest BCUT2D eigenvalue weighted by molar-refractivity contribution is 0.0342. The predicted molar refractivity (Wildman–Crippen MR) is 120 cm³/mol. The molecule has 0 aliphatic carbocycles. The smallest absolute Gasteiger partial charge is 0.293 e. The van der Waals surface area contributed by atoms with Crippen molar-refractivity contribution in [2.24, 2.45) is 7.05 Å². The van der Waals surface area contributed by atoms with E-state index in [1.54, 1.807) is 17.8 Å². The van der Waals surface area contributed by atoms with Crippen LogP contribution in [-0.2, 0) is 18.3 Å². The summed E-state index contributed by atoms with van der Waals surface area (Å²) in [6.07, 6.45) is 1.74. The number of hydrogen-bond acceptors (Lipinski definition) is 6. The standard InChI is InChI=1S/C23H27N5O2/c1-16-19(4-3-5-20(16)24)21-15-27(2)23(29)22(26-21)25-18-8-6-17(7-9-18)14-28-10-12-30-13-11-28/h3-9,15H,10-14,24H2,1-2H3,(H,25,26). The van der Waals surface area contributed by atoms with Gasteiger partial charge in [-0.1, -0.05) is 24.3 Å². The molecule has 1 aliphatic heterocycles. The summed E-state index contributed by atoms with van der Waals surface area (Å²) in [7, 11) is 1.73. The normalized spacial score (nSPS) is 14.6. The zero-order chi connectivity index (χ0) is 21.1. The van der Waals surface area contributed by atoms with E-state index in [4.69, 9.17) is 10.5 Å². The molecule has 30 heavy (non-hydrogen) atoms. The molecule has 7 heteroatoms. The molecule has 1 fully saturated rings. The van der Waals surface area contributed by atoms with Crippen molar-refractivity contribution in [3.8, 4) is 11.3 Å². The lowest BCUT2D eigenvalue weighted by Gasteiger charge is -2.26. The van der Waals surface area contributed by atoms with Gasteiger partial charge in [0, 0.05) is 49.8 Å². The molecule has 1 aromatic heterocycles. The second kappa shape index (κ2) is 8.69. The summed E-state index contributed by atoms with van der Waals surface area (Å²) in [5.41, 5.74) is 11.2. The van der Waals surface area contributed by atoms with Crippen molar-refractivity contribution in [2.45, 2.75) is 13.5 Å². The fourth-order valence-electron chi connectivity index (χ4n) is 3.60. The molecule has 1 saturated heterocycles. The van der Waals surface area contributed by atoms with Crippen molar-refractivity contribution in [1.82, 2.24) is 14.5 Å². The number of nitrogen functional groups attached to an aromatic ring is 1. The van der Waals surface area contributed by atoms with Gasteiger partial charge in [-0.05, 0) is 36.2 Å². The number of ether oxygens (including phenoxy) is 1. The maximum atomic E-state index is 12.6. The van der Waals surface area contributed by atoms with Gasteiger partial charge in [0.2, 0.25) is 0 Å². The highest BCUT2D eigenvalue weighted by atomic mass is 16.5. The zero-order valence-corrected chi connectivity index (χ0v) is 17.4. The Kier molecular flexibility index (Phi) is 5.83. The van der Waals surface area contributed by atoms with Crippen molar-refractivity contribution in [2.75, 3.05) is 37.4 Å². The van der Waals surface area contributed by atoms with E-state index >= 15 is 0 Å². The van der Waals surface area contributed by atoms with Gasteiger partial charge in [-0.3, -0.25) is 9.69 Å². The van der Waals surface area contributed by atoms with Gasteiger partial charge < -0.3 is 20.4 Å². The first-order chi connectivity index (χ1) is 14.5. The van der Waals surface area contributed by atoms with Gasteiger partial charge in [-0.2, -0.15) is 0 Å². The first kappa shape index (κ1) is 20.1. The van der Waals surface area contributed by atoms with Crippen LogP contribution in [0.15, 0.2) is 53.5 Å². The SMILES string of the molecule is Cc1c(N)cccc1-c1cn(C)c(=O)c(Nc2ccc(CN3CCOCC3)cc2)n1. The number of rotatable bonds is 5. The largest absolute Gasteiger partial charge is 0.398 e. The van der Waals surface area contributed by atoms with Gasteiger partial charge >= 0.3 is 0 Å². The van der Waals surface area contributed by atoms with Crippen LogP contribution in [0.25, 0.3) is 11.3 Å². The monoisotopic (exact) mass is 405 g/mol. The van der Waals surface area contributed by atoms with Gasteiger partial charge in [-0.15, -0.1) is 0 Å². The van der Waals surface area contributed by atoms with Gasteiger partial charge in [0.05, 0.1) is 18.9 Å². The van der Waals surface area contributed by atoms with Crippen LogP contribution in [0.5, 0.6) is 0 Å². The van der Waals surface area contributed by atoms with Crippen LogP contribution in [0.4, 0.5) is 17.2 Å². The van der Waals surface area contributed by atoms with Crippen molar-refractivity contribution >= 4 is 17.2 Å². The molecule has 0 amide bonds. The molecule has 3 N–H and O–H groups in total. The minimum absolute atomic E-state index is 0.183. The van der Waals surface area contributed by atoms with Gasteiger partial charge in [-0.25, -0.2) is 4.98 Å². The minimum Gasteiger partial charge on any atom is -0.398 e. The molecule has 7 nitrogen and oxygen atoms in total. The Balaban J connectivity index is 1.56. The number of benzene rings is 2. The molecule has 0 unspecified atom stereocenters. The van der Waals surface area contributed by atoms with Crippen molar-refractivity contribution in [3.05, 3.63) is 70.1 Å². The lowest BCUT2D eigenvalue weighted by atomic mass is 10.0. The molecule has 2 heterocycles. The zero-order valence-electron chi connectivity index (χ0n) is 17.4. The van der Waals surface area contributed by atoms with Gasteiger partial charge in [0.1, 0.15) is 0 Å². The first-order valence-corrected chi connectivity index (χ1v) is 10.1. The van der Waals surface area contributed by atoms with E-state index in [1.807, 2.05) is 37.3 Å². The third-order valence-corrected chi connectivity index (χ3v) is 5.45. The summed E-state index contributed by atoms with van der Waals surface area (Å²) in [5.74, 6) is 0.290. The maximum absolute atomic E-state index is 12.6. The molecule has 2 aromatic carbocycles. The van der Waals surface area contributed by atoms with E-state index in [1.165, 1.54) is 5.56 Å². The Bertz CT molecular complexity index is 1090. The average Bonchev–Trinajstić information content (AvgIpc) is 2.75. The molecular weight excluding hydrogens is 378 g/mol. The second-order valence-corrected chi connectivity index (χ2v) is 7.62. The topological polar surface area (TPSA) is 85.4 Å². The van der Waals surface area contributed by atoms with Crippen molar-refractivity contribution in [1.29, 1.82) is 0 Å². The third kappa shape index (κ3) is 4.37. The van der Waals surface area contributed by atoms with E-state index in [2.05, 4.69) is 27.3 Å². The highest BCUT2D eigenvalue weighted by Crippen LogP contribution is 2.26. The highest BCUT2D eigenvalue weighted by Gasteiger charge is 2.13. The summed E-state index contributed by atoms with van der Waals surface area (Å²) in [6, 6.07) is 13.8. The molecule has 3 aromatic rings. The number of morpholine rings is 1. The molecule has 1 aliphatic rings. The Hall–Kier alpha value is -3.16. The number of anilines is 3. The van der Waals surface area contributed by atoms with Crippen molar-refractivity contribution in [3.63, 3.8) is 0 Å². The molecule has 0 radical (unpaired) electrons. The lowest BCUT2D eigenvalue weighted by Crippen LogP contribution is -2.35. The Morgan fingerprint density at radius 3 is 2.60 bits per heavy atom. The van der Waals surface area contributed by atoms with Gasteiger partial charge in [0.25, 0.3) is 5.56 Å². The number of nitrogens with one attached hydrogen (secondary N) is 1. The molecule has 0 saturated carbocycles. The molecule has 4 rings (SSSR count). The Labute approximate surface area is 176 Å². The fraction of sp³-hybridized carbons (Fsp3) is 0.304. The first-order valence-electron chi connectivity index (χ1n) is 10.1. The predicted octanol–water partition coefficient (Wildman–Crippen LogP) is 2.91. The van der Waals surface area contributed by atoms with E-state index < -0.39 is 0 Å². The summed E-state index contributed by atoms with van der Waals surface area (Å²) >= 11 is 0. The van der Waals surface area contributed by atoms with Gasteiger partial charge in [0.15, 0.2) is 5.82 Å². The minimum atomic E-state index is -0.183. The summed E-state index contributed by atoms with van der Waals surface area (Å²) in [6.45, 7) is 6.34.